The number of halogens is 1. The van der Waals surface area contributed by atoms with Crippen LogP contribution >= 0.6 is 11.6 Å². The van der Waals surface area contributed by atoms with Gasteiger partial charge >= 0.3 is 0 Å². The summed E-state index contributed by atoms with van der Waals surface area (Å²) in [6, 6.07) is 5.22. The molecule has 2 rings (SSSR count). The quantitative estimate of drug-likeness (QED) is 0.841. The highest BCUT2D eigenvalue weighted by atomic mass is 35.5. The number of carbonyl (C=O) groups excluding carboxylic acids is 1. The summed E-state index contributed by atoms with van der Waals surface area (Å²) >= 11 is 6.08. The number of hydrogen-bond donors (Lipinski definition) is 2. The molecule has 1 saturated carbocycles. The molecule has 3 nitrogen and oxygen atoms in total. The van der Waals surface area contributed by atoms with Gasteiger partial charge in [-0.15, -0.1) is 0 Å². The van der Waals surface area contributed by atoms with Crippen LogP contribution in [0, 0.1) is 17.8 Å². The fourth-order valence-corrected chi connectivity index (χ4v) is 2.47. The van der Waals surface area contributed by atoms with Crippen LogP contribution in [0.15, 0.2) is 18.2 Å². The molecule has 1 unspecified atom stereocenters. The van der Waals surface area contributed by atoms with Gasteiger partial charge in [-0.05, 0) is 43.9 Å². The summed E-state index contributed by atoms with van der Waals surface area (Å²) in [5.74, 6) is 5.78. The third-order valence-electron chi connectivity index (χ3n) is 3.75. The monoisotopic (exact) mass is 291 g/mol. The van der Waals surface area contributed by atoms with Crippen molar-refractivity contribution in [2.24, 2.45) is 5.92 Å². The van der Waals surface area contributed by atoms with Crippen molar-refractivity contribution >= 4 is 17.5 Å². The number of hydrogen-bond acceptors (Lipinski definition) is 2. The Morgan fingerprint density at radius 2 is 2.30 bits per heavy atom. The van der Waals surface area contributed by atoms with Crippen molar-refractivity contribution in [1.82, 2.24) is 5.32 Å². The molecule has 0 radical (unpaired) electrons. The van der Waals surface area contributed by atoms with Crippen LogP contribution in [0.25, 0.3) is 0 Å². The van der Waals surface area contributed by atoms with Gasteiger partial charge in [0.15, 0.2) is 0 Å². The van der Waals surface area contributed by atoms with Crippen molar-refractivity contribution < 1.29 is 9.90 Å². The maximum absolute atomic E-state index is 12.1. The molecule has 0 heterocycles. The van der Waals surface area contributed by atoms with E-state index < -0.39 is 0 Å². The molecule has 1 fully saturated rings. The predicted molar refractivity (Wildman–Crippen MR) is 79.7 cm³/mol. The van der Waals surface area contributed by atoms with Crippen LogP contribution in [0.2, 0.25) is 5.02 Å². The van der Waals surface area contributed by atoms with E-state index in [2.05, 4.69) is 17.2 Å². The molecular formula is C16H18ClNO2. The highest BCUT2D eigenvalue weighted by Crippen LogP contribution is 2.29. The topological polar surface area (TPSA) is 49.3 Å². The van der Waals surface area contributed by atoms with E-state index in [1.807, 2.05) is 6.92 Å². The molecule has 1 amide bonds. The molecular weight excluding hydrogens is 274 g/mol. The number of aliphatic hydroxyl groups is 1. The molecule has 2 N–H and O–H groups in total. The van der Waals surface area contributed by atoms with E-state index in [-0.39, 0.29) is 18.6 Å². The standard InChI is InChI=1S/C16H18ClNO2/c1-11(12-4-2-5-12)18-16(20)14-8-7-13(6-3-9-19)15(17)10-14/h7-8,10-12,19H,2,4-5,9H2,1H3,(H,18,20). The molecule has 4 heteroatoms. The van der Waals surface area contributed by atoms with E-state index in [1.54, 1.807) is 18.2 Å². The second-order valence-electron chi connectivity index (χ2n) is 5.11. The molecule has 0 bridgehead atoms. The molecule has 1 aliphatic rings. The lowest BCUT2D eigenvalue weighted by molar-refractivity contribution is 0.0909. The van der Waals surface area contributed by atoms with Gasteiger partial charge in [0.05, 0.1) is 5.02 Å². The maximum Gasteiger partial charge on any atom is 0.251 e. The van der Waals surface area contributed by atoms with Crippen molar-refractivity contribution in [2.75, 3.05) is 6.61 Å². The lowest BCUT2D eigenvalue weighted by Gasteiger charge is -2.31. The first-order chi connectivity index (χ1) is 9.61. The Hall–Kier alpha value is -1.50. The van der Waals surface area contributed by atoms with E-state index in [9.17, 15) is 4.79 Å². The molecule has 20 heavy (non-hydrogen) atoms. The van der Waals surface area contributed by atoms with Gasteiger partial charge in [-0.2, -0.15) is 0 Å². The maximum atomic E-state index is 12.1. The Labute approximate surface area is 124 Å². The minimum atomic E-state index is -0.211. The lowest BCUT2D eigenvalue weighted by Crippen LogP contribution is -2.40. The van der Waals surface area contributed by atoms with E-state index in [1.165, 1.54) is 19.3 Å². The van der Waals surface area contributed by atoms with Gasteiger partial charge in [0, 0.05) is 17.2 Å². The summed E-state index contributed by atoms with van der Waals surface area (Å²) in [6.07, 6.45) is 3.64. The molecule has 0 aliphatic heterocycles. The zero-order valence-electron chi connectivity index (χ0n) is 11.4. The van der Waals surface area contributed by atoms with Crippen LogP contribution in [0.4, 0.5) is 0 Å². The van der Waals surface area contributed by atoms with Crippen molar-refractivity contribution in [2.45, 2.75) is 32.2 Å². The third kappa shape index (κ3) is 3.53. The number of amides is 1. The summed E-state index contributed by atoms with van der Waals surface area (Å²) in [5.41, 5.74) is 1.15. The fourth-order valence-electron chi connectivity index (χ4n) is 2.24. The molecule has 1 aliphatic carbocycles. The van der Waals surface area contributed by atoms with E-state index >= 15 is 0 Å². The predicted octanol–water partition coefficient (Wildman–Crippen LogP) is 2.60. The van der Waals surface area contributed by atoms with Crippen LogP contribution in [0.3, 0.4) is 0 Å². The summed E-state index contributed by atoms with van der Waals surface area (Å²) in [5, 5.41) is 12.1. The highest BCUT2D eigenvalue weighted by molar-refractivity contribution is 6.32. The highest BCUT2D eigenvalue weighted by Gasteiger charge is 2.25. The molecule has 0 aromatic heterocycles. The SMILES string of the molecule is CC(NC(=O)c1ccc(C#CCO)c(Cl)c1)C1CCC1. The minimum absolute atomic E-state index is 0.104. The molecule has 0 spiro atoms. The fraction of sp³-hybridized carbons (Fsp3) is 0.438. The number of aliphatic hydroxyl groups excluding tert-OH is 1. The van der Waals surface area contributed by atoms with Crippen molar-refractivity contribution in [3.63, 3.8) is 0 Å². The molecule has 1 atom stereocenters. The van der Waals surface area contributed by atoms with Crippen molar-refractivity contribution in [3.05, 3.63) is 34.3 Å². The first-order valence-corrected chi connectivity index (χ1v) is 7.19. The van der Waals surface area contributed by atoms with Gasteiger partial charge in [-0.1, -0.05) is 29.9 Å². The second-order valence-corrected chi connectivity index (χ2v) is 5.51. The van der Waals surface area contributed by atoms with Gasteiger partial charge in [0.2, 0.25) is 0 Å². The smallest absolute Gasteiger partial charge is 0.251 e. The van der Waals surface area contributed by atoms with Gasteiger partial charge in [0.25, 0.3) is 5.91 Å². The number of carbonyl (C=O) groups is 1. The summed E-state index contributed by atoms with van der Waals surface area (Å²) in [7, 11) is 0. The van der Waals surface area contributed by atoms with E-state index in [0.717, 1.165) is 0 Å². The first kappa shape index (κ1) is 14.9. The second kappa shape index (κ2) is 6.78. The van der Waals surface area contributed by atoms with Gasteiger partial charge < -0.3 is 10.4 Å². The van der Waals surface area contributed by atoms with Crippen LogP contribution in [0.5, 0.6) is 0 Å². The Kier molecular flexibility index (Phi) is 5.05. The Bertz CT molecular complexity index is 555. The average Bonchev–Trinajstić information content (AvgIpc) is 2.35. The van der Waals surface area contributed by atoms with E-state index in [0.29, 0.717) is 22.1 Å². The lowest BCUT2D eigenvalue weighted by atomic mass is 9.80. The largest absolute Gasteiger partial charge is 0.384 e. The Balaban J connectivity index is 2.04. The summed E-state index contributed by atoms with van der Waals surface area (Å²) in [4.78, 5) is 12.1. The molecule has 0 saturated heterocycles. The Morgan fingerprint density at radius 1 is 1.55 bits per heavy atom. The van der Waals surface area contributed by atoms with Crippen molar-refractivity contribution in [1.29, 1.82) is 0 Å². The summed E-state index contributed by atoms with van der Waals surface area (Å²) in [6.45, 7) is 1.84. The Morgan fingerprint density at radius 3 is 2.85 bits per heavy atom. The average molecular weight is 292 g/mol. The van der Waals surface area contributed by atoms with Gasteiger partial charge in [-0.25, -0.2) is 0 Å². The van der Waals surface area contributed by atoms with E-state index in [4.69, 9.17) is 16.7 Å². The van der Waals surface area contributed by atoms with Crippen molar-refractivity contribution in [3.8, 4) is 11.8 Å². The number of nitrogens with one attached hydrogen (secondary N) is 1. The van der Waals surface area contributed by atoms with Gasteiger partial charge in [-0.3, -0.25) is 4.79 Å². The zero-order chi connectivity index (χ0) is 14.5. The zero-order valence-corrected chi connectivity index (χ0v) is 12.2. The summed E-state index contributed by atoms with van der Waals surface area (Å²) < 4.78 is 0. The van der Waals surface area contributed by atoms with Crippen LogP contribution in [-0.4, -0.2) is 23.7 Å². The molecule has 1 aromatic carbocycles. The minimum Gasteiger partial charge on any atom is -0.384 e. The first-order valence-electron chi connectivity index (χ1n) is 6.82. The van der Waals surface area contributed by atoms with Crippen LogP contribution in [0.1, 0.15) is 42.1 Å². The normalized spacial score (nSPS) is 15.8. The molecule has 1 aromatic rings. The van der Waals surface area contributed by atoms with Gasteiger partial charge in [0.1, 0.15) is 6.61 Å². The molecule has 106 valence electrons. The number of benzene rings is 1. The van der Waals surface area contributed by atoms with Crippen LogP contribution < -0.4 is 5.32 Å². The van der Waals surface area contributed by atoms with Crippen LogP contribution in [-0.2, 0) is 0 Å². The third-order valence-corrected chi connectivity index (χ3v) is 4.06. The number of rotatable bonds is 3.